The van der Waals surface area contributed by atoms with Gasteiger partial charge in [-0.15, -0.1) is 0 Å². The summed E-state index contributed by atoms with van der Waals surface area (Å²) in [6.07, 6.45) is 7.73. The molecule has 0 radical (unpaired) electrons. The van der Waals surface area contributed by atoms with Crippen molar-refractivity contribution in [2.75, 3.05) is 0 Å². The Kier molecular flexibility index (Phi) is 7.23. The van der Waals surface area contributed by atoms with Crippen LogP contribution in [0.2, 0.25) is 10.0 Å². The molecule has 0 spiro atoms. The molecule has 1 aliphatic heterocycles. The Bertz CT molecular complexity index is 1240. The van der Waals surface area contributed by atoms with Crippen molar-refractivity contribution >= 4 is 34.9 Å². The van der Waals surface area contributed by atoms with Crippen molar-refractivity contribution in [3.63, 3.8) is 0 Å². The lowest BCUT2D eigenvalue weighted by atomic mass is 9.95. The van der Waals surface area contributed by atoms with Crippen molar-refractivity contribution < 1.29 is 4.79 Å². The van der Waals surface area contributed by atoms with Gasteiger partial charge in [0, 0.05) is 29.9 Å². The van der Waals surface area contributed by atoms with E-state index in [2.05, 4.69) is 15.6 Å². The highest BCUT2D eigenvalue weighted by molar-refractivity contribution is 6.42. The molecule has 0 bridgehead atoms. The Labute approximate surface area is 202 Å². The number of halogens is 2. The maximum absolute atomic E-state index is 13.2. The summed E-state index contributed by atoms with van der Waals surface area (Å²) in [6, 6.07) is 18.5. The first kappa shape index (κ1) is 22.8. The Hall–Kier alpha value is -3.41. The fourth-order valence-corrected chi connectivity index (χ4v) is 3.87. The fourth-order valence-electron chi connectivity index (χ4n) is 3.57. The Morgan fingerprint density at radius 1 is 1.09 bits per heavy atom. The molecule has 2 heterocycles. The van der Waals surface area contributed by atoms with Gasteiger partial charge in [0.2, 0.25) is 0 Å². The van der Waals surface area contributed by atoms with Gasteiger partial charge in [-0.1, -0.05) is 65.7 Å². The van der Waals surface area contributed by atoms with Crippen LogP contribution in [0.4, 0.5) is 0 Å². The fraction of sp³-hybridized carbons (Fsp3) is 0.115. The SMILES string of the molecule is CC1=C(C(=O)NC=CCc2ccccc2)C(c2ccc(Cl)c(Cl)c2)N=C(c2cccnc2)N1. The topological polar surface area (TPSA) is 66.4 Å². The molecule has 0 aliphatic carbocycles. The number of benzene rings is 2. The molecule has 1 aliphatic rings. The minimum Gasteiger partial charge on any atom is -0.343 e. The van der Waals surface area contributed by atoms with E-state index in [1.807, 2.05) is 61.5 Å². The summed E-state index contributed by atoms with van der Waals surface area (Å²) in [5.41, 5.74) is 3.96. The van der Waals surface area contributed by atoms with Crippen LogP contribution < -0.4 is 10.6 Å². The van der Waals surface area contributed by atoms with E-state index >= 15 is 0 Å². The van der Waals surface area contributed by atoms with E-state index in [0.29, 0.717) is 27.2 Å². The minimum atomic E-state index is -0.557. The summed E-state index contributed by atoms with van der Waals surface area (Å²) in [4.78, 5) is 22.2. The van der Waals surface area contributed by atoms with E-state index in [0.717, 1.165) is 23.1 Å². The van der Waals surface area contributed by atoms with E-state index in [4.69, 9.17) is 28.2 Å². The van der Waals surface area contributed by atoms with Crippen LogP contribution in [-0.2, 0) is 11.2 Å². The van der Waals surface area contributed by atoms with Crippen LogP contribution in [0.5, 0.6) is 0 Å². The standard InChI is InChI=1S/C26H22Cl2N4O/c1-17-23(26(33)30-14-5-9-18-7-3-2-4-8-18)24(19-11-12-21(27)22(28)15-19)32-25(31-17)20-10-6-13-29-16-20/h2-8,10-16,24H,9H2,1H3,(H,30,33)(H,31,32). The number of aromatic nitrogens is 1. The zero-order valence-corrected chi connectivity index (χ0v) is 19.4. The number of rotatable bonds is 6. The van der Waals surface area contributed by atoms with Crippen LogP contribution in [0.25, 0.3) is 0 Å². The molecule has 0 fully saturated rings. The van der Waals surface area contributed by atoms with Gasteiger partial charge in [-0.05, 0) is 48.7 Å². The van der Waals surface area contributed by atoms with Crippen LogP contribution in [-0.4, -0.2) is 16.7 Å². The van der Waals surface area contributed by atoms with E-state index in [9.17, 15) is 4.79 Å². The molecule has 0 saturated carbocycles. The zero-order chi connectivity index (χ0) is 23.2. The molecule has 1 aromatic heterocycles. The summed E-state index contributed by atoms with van der Waals surface area (Å²) >= 11 is 12.4. The average molecular weight is 477 g/mol. The largest absolute Gasteiger partial charge is 0.343 e. The van der Waals surface area contributed by atoms with Gasteiger partial charge in [-0.3, -0.25) is 14.8 Å². The van der Waals surface area contributed by atoms with Gasteiger partial charge < -0.3 is 10.6 Å². The number of carbonyl (C=O) groups excluding carboxylic acids is 1. The first-order chi connectivity index (χ1) is 16.0. The molecule has 166 valence electrons. The number of nitrogens with zero attached hydrogens (tertiary/aromatic N) is 2. The van der Waals surface area contributed by atoms with Gasteiger partial charge >= 0.3 is 0 Å². The lowest BCUT2D eigenvalue weighted by Crippen LogP contribution is -2.35. The second-order valence-electron chi connectivity index (χ2n) is 7.52. The molecular formula is C26H22Cl2N4O. The molecule has 5 nitrogen and oxygen atoms in total. The Morgan fingerprint density at radius 2 is 1.91 bits per heavy atom. The number of allylic oxidation sites excluding steroid dienone is 2. The smallest absolute Gasteiger partial charge is 0.255 e. The van der Waals surface area contributed by atoms with Gasteiger partial charge in [0.05, 0.1) is 15.6 Å². The molecule has 2 aromatic carbocycles. The average Bonchev–Trinajstić information content (AvgIpc) is 2.84. The zero-order valence-electron chi connectivity index (χ0n) is 17.9. The number of aliphatic imine (C=N–C) groups is 1. The summed E-state index contributed by atoms with van der Waals surface area (Å²) in [5.74, 6) is 0.391. The molecular weight excluding hydrogens is 455 g/mol. The maximum atomic E-state index is 13.2. The summed E-state index contributed by atoms with van der Waals surface area (Å²) in [5, 5.41) is 6.98. The predicted octanol–water partition coefficient (Wildman–Crippen LogP) is 5.63. The van der Waals surface area contributed by atoms with Crippen LogP contribution in [0.15, 0.2) is 102 Å². The lowest BCUT2D eigenvalue weighted by Gasteiger charge is -2.26. The van der Waals surface area contributed by atoms with Gasteiger partial charge in [0.1, 0.15) is 11.9 Å². The summed E-state index contributed by atoms with van der Waals surface area (Å²) in [6.45, 7) is 1.86. The molecule has 2 N–H and O–H groups in total. The quantitative estimate of drug-likeness (QED) is 0.484. The van der Waals surface area contributed by atoms with Gasteiger partial charge in [-0.25, -0.2) is 0 Å². The third-order valence-electron chi connectivity index (χ3n) is 5.21. The predicted molar refractivity (Wildman–Crippen MR) is 133 cm³/mol. The number of nitrogens with one attached hydrogen (secondary N) is 2. The molecule has 1 amide bonds. The van der Waals surface area contributed by atoms with E-state index in [1.54, 1.807) is 30.7 Å². The summed E-state index contributed by atoms with van der Waals surface area (Å²) < 4.78 is 0. The number of amidine groups is 1. The highest BCUT2D eigenvalue weighted by Gasteiger charge is 2.29. The van der Waals surface area contributed by atoms with Gasteiger partial charge in [0.25, 0.3) is 5.91 Å². The van der Waals surface area contributed by atoms with E-state index in [1.165, 1.54) is 0 Å². The third-order valence-corrected chi connectivity index (χ3v) is 5.95. The number of carbonyl (C=O) groups is 1. The van der Waals surface area contributed by atoms with Crippen molar-refractivity contribution in [3.8, 4) is 0 Å². The molecule has 4 rings (SSSR count). The first-order valence-electron chi connectivity index (χ1n) is 10.4. The lowest BCUT2D eigenvalue weighted by molar-refractivity contribution is -0.117. The van der Waals surface area contributed by atoms with Crippen LogP contribution in [0, 0.1) is 0 Å². The molecule has 3 aromatic rings. The van der Waals surface area contributed by atoms with Gasteiger partial charge in [0.15, 0.2) is 0 Å². The number of hydrogen-bond donors (Lipinski definition) is 2. The first-order valence-corrected chi connectivity index (χ1v) is 11.2. The van der Waals surface area contributed by atoms with Crippen molar-refractivity contribution in [2.24, 2.45) is 4.99 Å². The molecule has 0 saturated heterocycles. The maximum Gasteiger partial charge on any atom is 0.255 e. The molecule has 33 heavy (non-hydrogen) atoms. The number of amides is 1. The Morgan fingerprint density at radius 3 is 2.64 bits per heavy atom. The Balaban J connectivity index is 1.61. The monoisotopic (exact) mass is 476 g/mol. The van der Waals surface area contributed by atoms with Crippen LogP contribution >= 0.6 is 23.2 Å². The molecule has 7 heteroatoms. The van der Waals surface area contributed by atoms with Crippen molar-refractivity contribution in [2.45, 2.75) is 19.4 Å². The number of hydrogen-bond acceptors (Lipinski definition) is 4. The van der Waals surface area contributed by atoms with E-state index in [-0.39, 0.29) is 5.91 Å². The van der Waals surface area contributed by atoms with Crippen molar-refractivity contribution in [3.05, 3.63) is 123 Å². The normalized spacial score (nSPS) is 15.8. The minimum absolute atomic E-state index is 0.241. The number of pyridine rings is 1. The van der Waals surface area contributed by atoms with Crippen LogP contribution in [0.1, 0.15) is 29.7 Å². The molecule has 1 unspecified atom stereocenters. The van der Waals surface area contributed by atoms with Crippen LogP contribution in [0.3, 0.4) is 0 Å². The van der Waals surface area contributed by atoms with Gasteiger partial charge in [-0.2, -0.15) is 0 Å². The third kappa shape index (κ3) is 5.51. The highest BCUT2D eigenvalue weighted by atomic mass is 35.5. The van der Waals surface area contributed by atoms with Crippen molar-refractivity contribution in [1.29, 1.82) is 0 Å². The summed E-state index contributed by atoms with van der Waals surface area (Å²) in [7, 11) is 0. The highest BCUT2D eigenvalue weighted by Crippen LogP contribution is 2.34. The second kappa shape index (κ2) is 10.5. The van der Waals surface area contributed by atoms with Crippen molar-refractivity contribution in [1.82, 2.24) is 15.6 Å². The van der Waals surface area contributed by atoms with E-state index < -0.39 is 6.04 Å². The molecule has 1 atom stereocenters. The second-order valence-corrected chi connectivity index (χ2v) is 8.34.